The first-order chi connectivity index (χ1) is 26.6. The summed E-state index contributed by atoms with van der Waals surface area (Å²) >= 11 is 0. The van der Waals surface area contributed by atoms with Crippen LogP contribution in [0.1, 0.15) is 24.5 Å². The zero-order chi connectivity index (χ0) is 38.7. The Hall–Kier alpha value is -5.55. The van der Waals surface area contributed by atoms with Crippen molar-refractivity contribution in [2.24, 2.45) is 5.92 Å². The lowest BCUT2D eigenvalue weighted by atomic mass is 9.82. The lowest BCUT2D eigenvalue weighted by Gasteiger charge is -2.37. The molecule has 2 aliphatic heterocycles. The first-order valence-electron chi connectivity index (χ1n) is 18.7. The molecule has 1 N–H and O–H groups in total. The fourth-order valence-corrected chi connectivity index (χ4v) is 12.8. The van der Waals surface area contributed by atoms with Crippen molar-refractivity contribution in [1.82, 2.24) is 4.90 Å². The Bertz CT molecular complexity index is 2130. The van der Waals surface area contributed by atoms with Crippen molar-refractivity contribution in [1.29, 1.82) is 0 Å². The van der Waals surface area contributed by atoms with Gasteiger partial charge in [0.05, 0.1) is 40.0 Å². The van der Waals surface area contributed by atoms with E-state index in [0.717, 1.165) is 22.9 Å². The number of hydrogen-bond donors (Lipinski definition) is 1. The number of hydrogen-bond acceptors (Lipinski definition) is 6. The minimum absolute atomic E-state index is 0.0221. The van der Waals surface area contributed by atoms with Gasteiger partial charge >= 0.3 is 0 Å². The van der Waals surface area contributed by atoms with Crippen molar-refractivity contribution >= 4 is 54.2 Å². The molecule has 3 amide bonds. The average Bonchev–Trinajstić information content (AvgIpc) is 3.65. The van der Waals surface area contributed by atoms with Crippen LogP contribution in [0, 0.1) is 5.92 Å². The smallest absolute Gasteiger partial charge is 0.268 e. The first-order valence-corrected chi connectivity index (χ1v) is 21.8. The number of benzene rings is 5. The van der Waals surface area contributed by atoms with Crippen LogP contribution in [0.5, 0.6) is 5.75 Å². The molecule has 0 radical (unpaired) electrons. The number of aliphatic hydroxyl groups is 1. The molecule has 0 aliphatic carbocycles. The fraction of sp³-hybridized carbons (Fsp3) is 0.267. The normalized spacial score (nSPS) is 20.3. The summed E-state index contributed by atoms with van der Waals surface area (Å²) in [6, 6.07) is 42.4. The molecule has 282 valence electrons. The van der Waals surface area contributed by atoms with Gasteiger partial charge in [-0.2, -0.15) is 0 Å². The number of para-hydroxylation sites is 2. The lowest BCUT2D eigenvalue weighted by molar-refractivity contribution is -0.149. The molecule has 2 aliphatic rings. The summed E-state index contributed by atoms with van der Waals surface area (Å²) in [5.41, 5.74) is 2.59. The summed E-state index contributed by atoms with van der Waals surface area (Å²) in [4.78, 5) is 47.5. The number of carbonyl (C=O) groups excluding carboxylic acids is 3. The SMILES string of the molecule is COc1ccc([Si](C)(C)[C@@H]2[C@@H](CC(=O)N(CCO)Cc3ccccc3)O[C@]3(C(=O)N(c4ccccc4)c4ccc(N(C=O)c5ccccc5)cc43)[C@H]2C)cc1. The molecule has 1 spiro atoms. The number of methoxy groups -OCH3 is 1. The summed E-state index contributed by atoms with van der Waals surface area (Å²) in [6.45, 7) is 6.96. The van der Waals surface area contributed by atoms with Gasteiger partial charge in [-0.1, -0.05) is 104 Å². The second-order valence-electron chi connectivity index (χ2n) is 14.9. The van der Waals surface area contributed by atoms with Gasteiger partial charge in [0.15, 0.2) is 5.60 Å². The van der Waals surface area contributed by atoms with Crippen molar-refractivity contribution in [3.63, 3.8) is 0 Å². The number of ether oxygens (including phenoxy) is 2. The number of aliphatic hydroxyl groups excluding tert-OH is 1. The summed E-state index contributed by atoms with van der Waals surface area (Å²) in [6.07, 6.45) is 0.158. The second-order valence-corrected chi connectivity index (χ2v) is 19.6. The first kappa shape index (κ1) is 37.7. The predicted molar refractivity (Wildman–Crippen MR) is 218 cm³/mol. The van der Waals surface area contributed by atoms with Crippen LogP contribution in [0.4, 0.5) is 22.7 Å². The van der Waals surface area contributed by atoms with Gasteiger partial charge in [0.2, 0.25) is 12.3 Å². The molecule has 7 rings (SSSR count). The van der Waals surface area contributed by atoms with E-state index in [1.165, 1.54) is 0 Å². The van der Waals surface area contributed by atoms with Crippen molar-refractivity contribution in [2.75, 3.05) is 30.1 Å². The third-order valence-electron chi connectivity index (χ3n) is 11.5. The molecule has 0 bridgehead atoms. The van der Waals surface area contributed by atoms with Crippen LogP contribution in [0.3, 0.4) is 0 Å². The van der Waals surface area contributed by atoms with Gasteiger partial charge in [-0.05, 0) is 65.7 Å². The molecule has 4 atom stereocenters. The van der Waals surface area contributed by atoms with Crippen molar-refractivity contribution in [2.45, 2.75) is 50.2 Å². The number of fused-ring (bicyclic) bond motifs is 2. The topological polar surface area (TPSA) is 99.6 Å². The molecule has 0 unspecified atom stereocenters. The Morgan fingerprint density at radius 1 is 0.891 bits per heavy atom. The van der Waals surface area contributed by atoms with E-state index in [1.54, 1.807) is 21.8 Å². The standard InChI is InChI=1S/C45H47N3O6Si/c1-32-43(55(3,4)38-23-21-37(53-2)22-24-38)41(29-42(51)46(26-27-49)30-33-14-8-5-9-15-33)54-45(32)39-28-36(47(31-50)34-16-10-6-11-17-34)20-25-40(39)48(44(45)52)35-18-12-7-13-19-35/h5-25,28,31-32,41,43,49H,26-27,29-30H2,1-4H3/t32-,41+,43-,45+/m0/s1. The van der Waals surface area contributed by atoms with Crippen LogP contribution in [0.25, 0.3) is 0 Å². The molecule has 55 heavy (non-hydrogen) atoms. The van der Waals surface area contributed by atoms with E-state index < -0.39 is 19.8 Å². The van der Waals surface area contributed by atoms with Crippen LogP contribution in [-0.4, -0.2) is 62.7 Å². The Kier molecular flexibility index (Phi) is 10.8. The van der Waals surface area contributed by atoms with Crippen molar-refractivity contribution in [3.8, 4) is 5.75 Å². The zero-order valence-corrected chi connectivity index (χ0v) is 32.7. The number of carbonyl (C=O) groups is 3. The Morgan fingerprint density at radius 3 is 2.15 bits per heavy atom. The number of amides is 3. The maximum absolute atomic E-state index is 15.4. The second kappa shape index (κ2) is 15.7. The van der Waals surface area contributed by atoms with E-state index in [1.807, 2.05) is 121 Å². The third-order valence-corrected chi connectivity index (χ3v) is 15.8. The molecule has 10 heteroatoms. The maximum Gasteiger partial charge on any atom is 0.268 e. The fourth-order valence-electron chi connectivity index (χ4n) is 8.79. The molecular weight excluding hydrogens is 707 g/mol. The highest BCUT2D eigenvalue weighted by molar-refractivity contribution is 6.91. The highest BCUT2D eigenvalue weighted by Crippen LogP contribution is 2.61. The quantitative estimate of drug-likeness (QED) is 0.100. The highest BCUT2D eigenvalue weighted by atomic mass is 28.3. The summed E-state index contributed by atoms with van der Waals surface area (Å²) in [7, 11) is -0.939. The van der Waals surface area contributed by atoms with Gasteiger partial charge in [0.1, 0.15) is 5.75 Å². The van der Waals surface area contributed by atoms with Gasteiger partial charge in [0, 0.05) is 41.6 Å². The molecule has 0 aromatic heterocycles. The molecule has 5 aromatic carbocycles. The van der Waals surface area contributed by atoms with Crippen LogP contribution < -0.4 is 19.7 Å². The monoisotopic (exact) mass is 753 g/mol. The molecule has 1 fully saturated rings. The lowest BCUT2D eigenvalue weighted by Crippen LogP contribution is -2.52. The summed E-state index contributed by atoms with van der Waals surface area (Å²) in [5.74, 6) is -0.0258. The van der Waals surface area contributed by atoms with Gasteiger partial charge in [-0.15, -0.1) is 0 Å². The van der Waals surface area contributed by atoms with E-state index in [4.69, 9.17) is 9.47 Å². The number of rotatable bonds is 13. The minimum Gasteiger partial charge on any atom is -0.497 e. The van der Waals surface area contributed by atoms with Gasteiger partial charge < -0.3 is 19.5 Å². The largest absolute Gasteiger partial charge is 0.497 e. The molecule has 2 heterocycles. The van der Waals surface area contributed by atoms with Crippen molar-refractivity contribution < 1.29 is 29.0 Å². The molecule has 0 saturated carbocycles. The molecule has 1 saturated heterocycles. The van der Waals surface area contributed by atoms with Gasteiger partial charge in [-0.25, -0.2) is 0 Å². The number of anilines is 4. The Morgan fingerprint density at radius 2 is 1.53 bits per heavy atom. The zero-order valence-electron chi connectivity index (χ0n) is 31.7. The third kappa shape index (κ3) is 6.86. The molecular formula is C45H47N3O6Si. The Labute approximate surface area is 323 Å². The van der Waals surface area contributed by atoms with Crippen LogP contribution in [0.15, 0.2) is 133 Å². The van der Waals surface area contributed by atoms with Gasteiger partial charge in [-0.3, -0.25) is 24.2 Å². The maximum atomic E-state index is 15.4. The summed E-state index contributed by atoms with van der Waals surface area (Å²) < 4.78 is 12.8. The summed E-state index contributed by atoms with van der Waals surface area (Å²) in [5, 5.41) is 11.2. The van der Waals surface area contributed by atoms with E-state index in [0.29, 0.717) is 34.9 Å². The van der Waals surface area contributed by atoms with E-state index in [-0.39, 0.29) is 42.8 Å². The van der Waals surface area contributed by atoms with E-state index in [2.05, 4.69) is 32.2 Å². The van der Waals surface area contributed by atoms with Crippen molar-refractivity contribution in [3.05, 3.63) is 145 Å². The van der Waals surface area contributed by atoms with E-state index >= 15 is 4.79 Å². The van der Waals surface area contributed by atoms with E-state index in [9.17, 15) is 14.7 Å². The Balaban J connectivity index is 1.37. The molecule has 9 nitrogen and oxygen atoms in total. The minimum atomic E-state index is -2.58. The van der Waals surface area contributed by atoms with Crippen LogP contribution in [0.2, 0.25) is 18.6 Å². The van der Waals surface area contributed by atoms with Crippen LogP contribution >= 0.6 is 0 Å². The van der Waals surface area contributed by atoms with Crippen LogP contribution in [-0.2, 0) is 31.3 Å². The average molecular weight is 754 g/mol. The molecule has 5 aromatic rings. The highest BCUT2D eigenvalue weighted by Gasteiger charge is 2.67. The number of nitrogens with zero attached hydrogens (tertiary/aromatic N) is 3. The predicted octanol–water partition coefficient (Wildman–Crippen LogP) is 7.30. The van der Waals surface area contributed by atoms with Gasteiger partial charge in [0.25, 0.3) is 5.91 Å².